The molecule has 7 heteroatoms. The lowest BCUT2D eigenvalue weighted by Gasteiger charge is -2.36. The first-order valence-electron chi connectivity index (χ1n) is 6.87. The number of carboxylic acids is 1. The van der Waals surface area contributed by atoms with Gasteiger partial charge in [-0.15, -0.1) is 0 Å². The average Bonchev–Trinajstić information content (AvgIpc) is 2.97. The highest BCUT2D eigenvalue weighted by molar-refractivity contribution is 5.82. The van der Waals surface area contributed by atoms with Crippen LogP contribution in [0.2, 0.25) is 0 Å². The Morgan fingerprint density at radius 1 is 1.60 bits per heavy atom. The van der Waals surface area contributed by atoms with Crippen molar-refractivity contribution in [3.05, 3.63) is 18.2 Å². The largest absolute Gasteiger partial charge is 0.480 e. The lowest BCUT2D eigenvalue weighted by atomic mass is 9.89. The van der Waals surface area contributed by atoms with Crippen molar-refractivity contribution in [3.63, 3.8) is 0 Å². The Hall–Kier alpha value is -2.05. The Kier molecular flexibility index (Phi) is 4.60. The van der Waals surface area contributed by atoms with E-state index in [0.29, 0.717) is 24.7 Å². The number of nitrogens with zero attached hydrogens (tertiary/aromatic N) is 2. The summed E-state index contributed by atoms with van der Waals surface area (Å²) in [4.78, 5) is 31.7. The van der Waals surface area contributed by atoms with Crippen molar-refractivity contribution in [2.45, 2.75) is 38.8 Å². The van der Waals surface area contributed by atoms with Crippen LogP contribution in [0.1, 0.15) is 32.0 Å². The second kappa shape index (κ2) is 6.40. The van der Waals surface area contributed by atoms with Crippen LogP contribution >= 0.6 is 0 Å². The molecule has 1 fully saturated rings. The van der Waals surface area contributed by atoms with Crippen LogP contribution in [-0.2, 0) is 11.3 Å². The Morgan fingerprint density at radius 3 is 3.00 bits per heavy atom. The molecule has 2 heterocycles. The van der Waals surface area contributed by atoms with Crippen LogP contribution in [0, 0.1) is 5.92 Å². The van der Waals surface area contributed by atoms with Gasteiger partial charge in [0.15, 0.2) is 0 Å². The van der Waals surface area contributed by atoms with Crippen LogP contribution < -0.4 is 5.32 Å². The smallest absolute Gasteiger partial charge is 0.326 e. The fourth-order valence-corrected chi connectivity index (χ4v) is 2.54. The zero-order valence-corrected chi connectivity index (χ0v) is 11.5. The minimum atomic E-state index is -0.934. The summed E-state index contributed by atoms with van der Waals surface area (Å²) in [6.45, 7) is 2.81. The van der Waals surface area contributed by atoms with Crippen molar-refractivity contribution < 1.29 is 14.7 Å². The van der Waals surface area contributed by atoms with Crippen LogP contribution in [0.5, 0.6) is 0 Å². The quantitative estimate of drug-likeness (QED) is 0.771. The summed E-state index contributed by atoms with van der Waals surface area (Å²) in [5.41, 5.74) is 0. The highest BCUT2D eigenvalue weighted by Crippen LogP contribution is 2.25. The van der Waals surface area contributed by atoms with E-state index in [1.165, 1.54) is 4.90 Å². The summed E-state index contributed by atoms with van der Waals surface area (Å²) in [5.74, 6) is 0.0928. The molecule has 0 radical (unpaired) electrons. The molecule has 3 N–H and O–H groups in total. The van der Waals surface area contributed by atoms with E-state index in [0.717, 1.165) is 12.8 Å². The third-order valence-corrected chi connectivity index (χ3v) is 3.80. The number of amides is 2. The summed E-state index contributed by atoms with van der Waals surface area (Å²) in [6, 6.07) is -1.08. The molecule has 20 heavy (non-hydrogen) atoms. The van der Waals surface area contributed by atoms with E-state index >= 15 is 0 Å². The van der Waals surface area contributed by atoms with E-state index in [2.05, 4.69) is 22.2 Å². The van der Waals surface area contributed by atoms with E-state index in [1.54, 1.807) is 12.4 Å². The van der Waals surface area contributed by atoms with Gasteiger partial charge in [-0.1, -0.05) is 13.3 Å². The zero-order chi connectivity index (χ0) is 14.5. The van der Waals surface area contributed by atoms with Gasteiger partial charge in [0.2, 0.25) is 0 Å². The van der Waals surface area contributed by atoms with E-state index in [1.807, 2.05) is 0 Å². The Labute approximate surface area is 117 Å². The van der Waals surface area contributed by atoms with Gasteiger partial charge in [0.25, 0.3) is 0 Å². The second-order valence-electron chi connectivity index (χ2n) is 5.04. The Morgan fingerprint density at radius 2 is 2.40 bits per heavy atom. The SMILES string of the molecule is CCC1CCN(C(=O)NCc2ncc[nH]2)C(C(=O)O)C1. The molecule has 0 spiro atoms. The number of hydrogen-bond donors (Lipinski definition) is 3. The highest BCUT2D eigenvalue weighted by atomic mass is 16.4. The maximum absolute atomic E-state index is 12.1. The first kappa shape index (κ1) is 14.4. The third kappa shape index (κ3) is 3.28. The predicted molar refractivity (Wildman–Crippen MR) is 72.0 cm³/mol. The van der Waals surface area contributed by atoms with E-state index in [9.17, 15) is 14.7 Å². The van der Waals surface area contributed by atoms with E-state index < -0.39 is 12.0 Å². The number of likely N-dealkylation sites (tertiary alicyclic amines) is 1. The van der Waals surface area contributed by atoms with Crippen molar-refractivity contribution in [1.82, 2.24) is 20.2 Å². The number of aromatic nitrogens is 2. The van der Waals surface area contributed by atoms with Crippen molar-refractivity contribution in [2.75, 3.05) is 6.54 Å². The van der Waals surface area contributed by atoms with Crippen molar-refractivity contribution in [1.29, 1.82) is 0 Å². The first-order chi connectivity index (χ1) is 9.61. The van der Waals surface area contributed by atoms with Crippen LogP contribution in [0.3, 0.4) is 0 Å². The number of piperidine rings is 1. The molecule has 0 saturated carbocycles. The van der Waals surface area contributed by atoms with Gasteiger partial charge in [-0.05, 0) is 18.8 Å². The highest BCUT2D eigenvalue weighted by Gasteiger charge is 2.35. The van der Waals surface area contributed by atoms with Gasteiger partial charge in [0.1, 0.15) is 11.9 Å². The first-order valence-corrected chi connectivity index (χ1v) is 6.87. The summed E-state index contributed by atoms with van der Waals surface area (Å²) < 4.78 is 0. The van der Waals surface area contributed by atoms with Gasteiger partial charge in [-0.25, -0.2) is 14.6 Å². The van der Waals surface area contributed by atoms with E-state index in [4.69, 9.17) is 0 Å². The minimum absolute atomic E-state index is 0.270. The molecule has 1 aliphatic heterocycles. The number of imidazole rings is 1. The number of aliphatic carboxylic acids is 1. The summed E-state index contributed by atoms with van der Waals surface area (Å²) in [7, 11) is 0. The van der Waals surface area contributed by atoms with Gasteiger partial charge in [-0.3, -0.25) is 0 Å². The molecule has 7 nitrogen and oxygen atoms in total. The molecular weight excluding hydrogens is 260 g/mol. The number of carbonyl (C=O) groups excluding carboxylic acids is 1. The van der Waals surface area contributed by atoms with Gasteiger partial charge >= 0.3 is 12.0 Å². The standard InChI is InChI=1S/C13H20N4O3/c1-2-9-3-6-17(10(7-9)12(18)19)13(20)16-8-11-14-4-5-15-11/h4-5,9-10H,2-3,6-8H2,1H3,(H,14,15)(H,16,20)(H,18,19). The van der Waals surface area contributed by atoms with Crippen LogP contribution in [0.25, 0.3) is 0 Å². The van der Waals surface area contributed by atoms with Crippen LogP contribution in [0.15, 0.2) is 12.4 Å². The number of hydrogen-bond acceptors (Lipinski definition) is 3. The number of carbonyl (C=O) groups is 2. The average molecular weight is 280 g/mol. The number of aromatic amines is 1. The van der Waals surface area contributed by atoms with Crippen molar-refractivity contribution in [2.24, 2.45) is 5.92 Å². The topological polar surface area (TPSA) is 98.3 Å². The lowest BCUT2D eigenvalue weighted by Crippen LogP contribution is -2.53. The van der Waals surface area contributed by atoms with Gasteiger partial charge in [-0.2, -0.15) is 0 Å². The van der Waals surface area contributed by atoms with Crippen LogP contribution in [0.4, 0.5) is 4.79 Å². The third-order valence-electron chi connectivity index (χ3n) is 3.80. The number of rotatable bonds is 4. The molecular formula is C13H20N4O3. The summed E-state index contributed by atoms with van der Waals surface area (Å²) >= 11 is 0. The van der Waals surface area contributed by atoms with E-state index in [-0.39, 0.29) is 12.6 Å². The normalized spacial score (nSPS) is 22.6. The molecule has 0 aliphatic carbocycles. The maximum atomic E-state index is 12.1. The molecule has 1 aromatic rings. The number of H-pyrrole nitrogens is 1. The Bertz CT molecular complexity index is 460. The summed E-state index contributed by atoms with van der Waals surface area (Å²) in [5, 5.41) is 12.0. The molecule has 1 aliphatic rings. The monoisotopic (exact) mass is 280 g/mol. The molecule has 110 valence electrons. The predicted octanol–water partition coefficient (Wildman–Crippen LogP) is 1.19. The zero-order valence-electron chi connectivity index (χ0n) is 11.5. The Balaban J connectivity index is 1.94. The van der Waals surface area contributed by atoms with Gasteiger partial charge in [0, 0.05) is 18.9 Å². The molecule has 1 saturated heterocycles. The molecule has 1 aromatic heterocycles. The van der Waals surface area contributed by atoms with Crippen molar-refractivity contribution in [3.8, 4) is 0 Å². The molecule has 2 unspecified atom stereocenters. The molecule has 2 amide bonds. The fourth-order valence-electron chi connectivity index (χ4n) is 2.54. The molecule has 0 bridgehead atoms. The number of nitrogens with one attached hydrogen (secondary N) is 2. The number of urea groups is 1. The van der Waals surface area contributed by atoms with Gasteiger partial charge in [0.05, 0.1) is 6.54 Å². The minimum Gasteiger partial charge on any atom is -0.480 e. The lowest BCUT2D eigenvalue weighted by molar-refractivity contribution is -0.144. The molecule has 0 aromatic carbocycles. The number of carboxylic acid groups (broad SMARTS) is 1. The maximum Gasteiger partial charge on any atom is 0.326 e. The molecule has 2 atom stereocenters. The summed E-state index contributed by atoms with van der Waals surface area (Å²) in [6.07, 6.45) is 5.61. The second-order valence-corrected chi connectivity index (χ2v) is 5.04. The van der Waals surface area contributed by atoms with Gasteiger partial charge < -0.3 is 20.3 Å². The molecule has 2 rings (SSSR count). The van der Waals surface area contributed by atoms with Crippen LogP contribution in [-0.4, -0.2) is 44.6 Å². The fraction of sp³-hybridized carbons (Fsp3) is 0.615. The van der Waals surface area contributed by atoms with Crippen molar-refractivity contribution >= 4 is 12.0 Å².